The third-order valence-electron chi connectivity index (χ3n) is 5.30. The lowest BCUT2D eigenvalue weighted by Crippen LogP contribution is -2.66. The Balaban J connectivity index is 1.74. The average molecular weight is 268 g/mol. The minimum Gasteiger partial charge on any atom is -0.308 e. The summed E-state index contributed by atoms with van der Waals surface area (Å²) in [6.07, 6.45) is 7.12. The minimum atomic E-state index is 0.485. The number of piperazine rings is 1. The summed E-state index contributed by atoms with van der Waals surface area (Å²) in [5.41, 5.74) is 0.485. The van der Waals surface area contributed by atoms with Crippen LogP contribution in [0.4, 0.5) is 0 Å². The zero-order chi connectivity index (χ0) is 12.6. The summed E-state index contributed by atoms with van der Waals surface area (Å²) in [6, 6.07) is 1.63. The van der Waals surface area contributed by atoms with Crippen molar-refractivity contribution in [3.05, 3.63) is 0 Å². The van der Waals surface area contributed by atoms with Gasteiger partial charge in [0.05, 0.1) is 0 Å². The van der Waals surface area contributed by atoms with Crippen LogP contribution in [0, 0.1) is 5.92 Å². The van der Waals surface area contributed by atoms with Crippen LogP contribution in [-0.2, 0) is 0 Å². The van der Waals surface area contributed by atoms with E-state index < -0.39 is 0 Å². The molecule has 1 N–H and O–H groups in total. The van der Waals surface area contributed by atoms with Crippen molar-refractivity contribution in [1.29, 1.82) is 0 Å². The fourth-order valence-electron chi connectivity index (χ4n) is 4.15. The van der Waals surface area contributed by atoms with Crippen molar-refractivity contribution in [2.24, 2.45) is 5.92 Å². The lowest BCUT2D eigenvalue weighted by molar-refractivity contribution is 0.0298. The van der Waals surface area contributed by atoms with Crippen molar-refractivity contribution in [3.63, 3.8) is 0 Å². The monoisotopic (exact) mass is 268 g/mol. The minimum absolute atomic E-state index is 0.485. The van der Waals surface area contributed by atoms with E-state index in [9.17, 15) is 0 Å². The maximum Gasteiger partial charge on any atom is 0.0309 e. The molecule has 0 aromatic carbocycles. The van der Waals surface area contributed by atoms with Crippen LogP contribution in [-0.4, -0.2) is 47.1 Å². The molecule has 104 valence electrons. The highest BCUT2D eigenvalue weighted by Gasteiger charge is 2.44. The van der Waals surface area contributed by atoms with Crippen LogP contribution >= 0.6 is 11.8 Å². The van der Waals surface area contributed by atoms with Crippen LogP contribution in [0.1, 0.15) is 46.0 Å². The van der Waals surface area contributed by atoms with Crippen LogP contribution in [0.5, 0.6) is 0 Å². The van der Waals surface area contributed by atoms with Crippen LogP contribution in [0.2, 0.25) is 0 Å². The molecule has 0 amide bonds. The summed E-state index contributed by atoms with van der Waals surface area (Å²) in [5.74, 6) is 3.54. The Bertz CT molecular complexity index is 280. The molecule has 1 aliphatic carbocycles. The topological polar surface area (TPSA) is 15.3 Å². The molecular weight excluding hydrogens is 240 g/mol. The summed E-state index contributed by atoms with van der Waals surface area (Å²) in [4.78, 5) is 2.90. The van der Waals surface area contributed by atoms with Crippen molar-refractivity contribution < 1.29 is 0 Å². The first kappa shape index (κ1) is 13.3. The van der Waals surface area contributed by atoms with Crippen molar-refractivity contribution in [2.75, 3.05) is 24.6 Å². The highest BCUT2D eigenvalue weighted by atomic mass is 32.2. The second-order valence-electron chi connectivity index (χ2n) is 6.87. The molecule has 3 aliphatic rings. The number of hydrogen-bond acceptors (Lipinski definition) is 3. The van der Waals surface area contributed by atoms with Gasteiger partial charge in [-0.25, -0.2) is 0 Å². The second kappa shape index (κ2) is 5.34. The van der Waals surface area contributed by atoms with Gasteiger partial charge in [0.15, 0.2) is 0 Å². The smallest absolute Gasteiger partial charge is 0.0309 e. The van der Waals surface area contributed by atoms with Crippen molar-refractivity contribution in [2.45, 2.75) is 63.6 Å². The van der Waals surface area contributed by atoms with Crippen LogP contribution < -0.4 is 5.32 Å². The van der Waals surface area contributed by atoms with E-state index in [-0.39, 0.29) is 0 Å². The first-order chi connectivity index (χ1) is 8.70. The molecule has 0 aromatic heterocycles. The van der Waals surface area contributed by atoms with Gasteiger partial charge in [0, 0.05) is 36.5 Å². The second-order valence-corrected chi connectivity index (χ2v) is 8.02. The highest BCUT2D eigenvalue weighted by Crippen LogP contribution is 2.37. The first-order valence-corrected chi connectivity index (χ1v) is 8.94. The van der Waals surface area contributed by atoms with E-state index in [4.69, 9.17) is 0 Å². The average Bonchev–Trinajstić information content (AvgIpc) is 3.00. The summed E-state index contributed by atoms with van der Waals surface area (Å²) >= 11 is 2.16. The van der Waals surface area contributed by atoms with Gasteiger partial charge in [-0.2, -0.15) is 11.8 Å². The van der Waals surface area contributed by atoms with E-state index in [1.807, 2.05) is 0 Å². The van der Waals surface area contributed by atoms with E-state index in [0.29, 0.717) is 5.54 Å². The van der Waals surface area contributed by atoms with E-state index in [2.05, 4.69) is 35.8 Å². The molecule has 1 saturated carbocycles. The molecule has 18 heavy (non-hydrogen) atoms. The molecule has 2 aliphatic heterocycles. The first-order valence-electron chi connectivity index (χ1n) is 7.79. The standard InChI is InChI=1S/C15H28N2S/c1-12(2)14-9-16-15(6-3-4-7-15)11-17(14)13-5-8-18-10-13/h12-14,16H,3-11H2,1-2H3. The largest absolute Gasteiger partial charge is 0.308 e. The summed E-state index contributed by atoms with van der Waals surface area (Å²) < 4.78 is 0. The van der Waals surface area contributed by atoms with Gasteiger partial charge in [0.25, 0.3) is 0 Å². The zero-order valence-corrected chi connectivity index (χ0v) is 12.8. The van der Waals surface area contributed by atoms with Gasteiger partial charge >= 0.3 is 0 Å². The molecule has 3 fully saturated rings. The number of hydrogen-bond donors (Lipinski definition) is 1. The lowest BCUT2D eigenvalue weighted by atomic mass is 9.87. The quantitative estimate of drug-likeness (QED) is 0.829. The Kier molecular flexibility index (Phi) is 3.93. The summed E-state index contributed by atoms with van der Waals surface area (Å²) in [6.45, 7) is 7.34. The van der Waals surface area contributed by atoms with Gasteiger partial charge in [-0.3, -0.25) is 4.90 Å². The molecule has 2 unspecified atom stereocenters. The summed E-state index contributed by atoms with van der Waals surface area (Å²) in [7, 11) is 0. The van der Waals surface area contributed by atoms with Gasteiger partial charge in [-0.05, 0) is 30.9 Å². The van der Waals surface area contributed by atoms with Gasteiger partial charge in [0.1, 0.15) is 0 Å². The molecule has 1 spiro atoms. The Hall–Kier alpha value is 0.270. The molecule has 3 heteroatoms. The van der Waals surface area contributed by atoms with Crippen LogP contribution in [0.3, 0.4) is 0 Å². The van der Waals surface area contributed by atoms with E-state index >= 15 is 0 Å². The molecule has 0 aromatic rings. The van der Waals surface area contributed by atoms with E-state index in [0.717, 1.165) is 18.0 Å². The molecular formula is C15H28N2S. The van der Waals surface area contributed by atoms with Crippen molar-refractivity contribution in [1.82, 2.24) is 10.2 Å². The fraction of sp³-hybridized carbons (Fsp3) is 1.00. The van der Waals surface area contributed by atoms with Gasteiger partial charge in [-0.1, -0.05) is 26.7 Å². The van der Waals surface area contributed by atoms with Crippen LogP contribution in [0.15, 0.2) is 0 Å². The Morgan fingerprint density at radius 2 is 2.06 bits per heavy atom. The predicted octanol–water partition coefficient (Wildman–Crippen LogP) is 2.73. The third kappa shape index (κ3) is 2.46. The number of nitrogens with one attached hydrogen (secondary N) is 1. The normalized spacial score (nSPS) is 36.8. The van der Waals surface area contributed by atoms with E-state index in [1.165, 1.54) is 56.7 Å². The number of nitrogens with zero attached hydrogens (tertiary/aromatic N) is 1. The lowest BCUT2D eigenvalue weighted by Gasteiger charge is -2.50. The Morgan fingerprint density at radius 1 is 1.28 bits per heavy atom. The zero-order valence-electron chi connectivity index (χ0n) is 12.0. The maximum atomic E-state index is 3.93. The molecule has 3 rings (SSSR count). The molecule has 2 atom stereocenters. The van der Waals surface area contributed by atoms with Crippen LogP contribution in [0.25, 0.3) is 0 Å². The van der Waals surface area contributed by atoms with Gasteiger partial charge in [-0.15, -0.1) is 0 Å². The molecule has 2 heterocycles. The molecule has 0 radical (unpaired) electrons. The molecule has 0 bridgehead atoms. The van der Waals surface area contributed by atoms with Gasteiger partial charge in [0.2, 0.25) is 0 Å². The third-order valence-corrected chi connectivity index (χ3v) is 6.45. The Morgan fingerprint density at radius 3 is 2.67 bits per heavy atom. The predicted molar refractivity (Wildman–Crippen MR) is 80.3 cm³/mol. The van der Waals surface area contributed by atoms with Gasteiger partial charge < -0.3 is 5.32 Å². The van der Waals surface area contributed by atoms with E-state index in [1.54, 1.807) is 0 Å². The highest BCUT2D eigenvalue weighted by molar-refractivity contribution is 7.99. The van der Waals surface area contributed by atoms with Crippen molar-refractivity contribution >= 4 is 11.8 Å². The Labute approximate surface area is 116 Å². The SMILES string of the molecule is CC(C)C1CNC2(CCCC2)CN1C1CCSC1. The summed E-state index contributed by atoms with van der Waals surface area (Å²) in [5, 5.41) is 3.93. The maximum absolute atomic E-state index is 3.93. The fourth-order valence-corrected chi connectivity index (χ4v) is 5.39. The molecule has 2 saturated heterocycles. The van der Waals surface area contributed by atoms with Crippen molar-refractivity contribution in [3.8, 4) is 0 Å². The number of rotatable bonds is 2. The number of thioether (sulfide) groups is 1. The molecule has 2 nitrogen and oxygen atoms in total.